The van der Waals surface area contributed by atoms with Gasteiger partial charge in [0.15, 0.2) is 0 Å². The van der Waals surface area contributed by atoms with Crippen molar-refractivity contribution in [2.45, 2.75) is 12.5 Å². The number of urea groups is 2. The number of hydrogen-bond donors (Lipinski definition) is 2. The summed E-state index contributed by atoms with van der Waals surface area (Å²) in [6.45, 7) is 1.37. The lowest BCUT2D eigenvalue weighted by Gasteiger charge is -2.24. The molecule has 1 saturated heterocycles. The predicted molar refractivity (Wildman–Crippen MR) is 98.4 cm³/mol. The van der Waals surface area contributed by atoms with Crippen molar-refractivity contribution in [1.82, 2.24) is 14.5 Å². The molecule has 10 heteroatoms. The summed E-state index contributed by atoms with van der Waals surface area (Å²) in [6.07, 6.45) is 0.915. The van der Waals surface area contributed by atoms with Crippen molar-refractivity contribution >= 4 is 43.5 Å². The number of amides is 4. The van der Waals surface area contributed by atoms with Gasteiger partial charge in [0.1, 0.15) is 5.60 Å². The normalized spacial score (nSPS) is 17.6. The number of hydrogen-bond acceptors (Lipinski definition) is 6. The summed E-state index contributed by atoms with van der Waals surface area (Å²) in [5, 5.41) is 14.2. The number of rotatable bonds is 4. The van der Waals surface area contributed by atoms with Gasteiger partial charge in [-0.2, -0.15) is 0 Å². The summed E-state index contributed by atoms with van der Waals surface area (Å²) in [6, 6.07) is 7.94. The van der Waals surface area contributed by atoms with E-state index < -0.39 is 27.7 Å². The number of thiophene rings is 1. The van der Waals surface area contributed by atoms with Gasteiger partial charge in [0, 0.05) is 9.58 Å². The van der Waals surface area contributed by atoms with Crippen LogP contribution in [0.5, 0.6) is 0 Å². The second-order valence-corrected chi connectivity index (χ2v) is 9.34. The number of sulfonamides is 1. The molecule has 0 bridgehead atoms. The Kier molecular flexibility index (Phi) is 4.67. The number of nitrogens with one attached hydrogen (secondary N) is 1. The molecule has 1 aliphatic heterocycles. The van der Waals surface area contributed by atoms with Gasteiger partial charge in [0.2, 0.25) is 10.0 Å². The fourth-order valence-corrected chi connectivity index (χ4v) is 4.59. The van der Waals surface area contributed by atoms with Crippen LogP contribution in [0.2, 0.25) is 0 Å². The third-order valence-corrected chi connectivity index (χ3v) is 6.67. The van der Waals surface area contributed by atoms with Crippen LogP contribution < -0.4 is 5.32 Å². The molecule has 1 aliphatic rings. The topological polar surface area (TPSA) is 107 Å². The van der Waals surface area contributed by atoms with E-state index in [2.05, 4.69) is 5.32 Å². The van der Waals surface area contributed by atoms with Gasteiger partial charge in [-0.3, -0.25) is 0 Å². The largest absolute Gasteiger partial charge is 0.383 e. The Hall–Kier alpha value is -2.17. The molecule has 1 atom stereocenters. The first kappa shape index (κ1) is 18.6. The number of nitrogens with zero attached hydrogens (tertiary/aromatic N) is 2. The molecular weight excluding hydrogens is 378 g/mol. The number of benzene rings is 1. The van der Waals surface area contributed by atoms with Crippen LogP contribution in [0, 0.1) is 0 Å². The highest BCUT2D eigenvalue weighted by Gasteiger charge is 2.38. The fraction of sp³-hybridized carbons (Fsp3) is 0.375. The molecule has 0 aliphatic carbocycles. The Bertz CT molecular complexity index is 934. The Morgan fingerprint density at radius 2 is 2.04 bits per heavy atom. The molecule has 140 valence electrons. The molecular formula is C16H19N3O5S2. The van der Waals surface area contributed by atoms with Gasteiger partial charge in [0.05, 0.1) is 25.9 Å². The maximum atomic E-state index is 12.2. The SMILES string of the molecule is C[C@](O)(CNC(=O)N1CCN(S(C)(=O)=O)C1=O)c1cc2ccccc2s1. The van der Waals surface area contributed by atoms with Crippen molar-refractivity contribution in [3.05, 3.63) is 35.2 Å². The summed E-state index contributed by atoms with van der Waals surface area (Å²) in [4.78, 5) is 25.8. The van der Waals surface area contributed by atoms with E-state index in [0.717, 1.165) is 21.2 Å². The molecule has 0 saturated carbocycles. The number of carbonyl (C=O) groups is 2. The van der Waals surface area contributed by atoms with E-state index in [0.29, 0.717) is 9.18 Å². The number of imide groups is 1. The first-order valence-electron chi connectivity index (χ1n) is 7.88. The molecule has 8 nitrogen and oxygen atoms in total. The van der Waals surface area contributed by atoms with Gasteiger partial charge < -0.3 is 10.4 Å². The van der Waals surface area contributed by atoms with E-state index in [1.54, 1.807) is 6.92 Å². The Labute approximate surface area is 155 Å². The minimum Gasteiger partial charge on any atom is -0.383 e. The number of aliphatic hydroxyl groups is 1. The van der Waals surface area contributed by atoms with E-state index >= 15 is 0 Å². The van der Waals surface area contributed by atoms with Crippen molar-refractivity contribution in [2.75, 3.05) is 25.9 Å². The molecule has 0 radical (unpaired) electrons. The zero-order chi connectivity index (χ0) is 19.1. The Balaban J connectivity index is 1.68. The molecule has 2 N–H and O–H groups in total. The van der Waals surface area contributed by atoms with E-state index in [4.69, 9.17) is 0 Å². The van der Waals surface area contributed by atoms with Crippen LogP contribution in [0.1, 0.15) is 11.8 Å². The van der Waals surface area contributed by atoms with E-state index in [1.807, 2.05) is 30.3 Å². The fourth-order valence-electron chi connectivity index (χ4n) is 2.69. The molecule has 4 amide bonds. The van der Waals surface area contributed by atoms with Crippen LogP contribution in [0.3, 0.4) is 0 Å². The summed E-state index contributed by atoms with van der Waals surface area (Å²) in [5.41, 5.74) is -1.32. The highest BCUT2D eigenvalue weighted by Crippen LogP contribution is 2.32. The first-order valence-corrected chi connectivity index (χ1v) is 10.5. The molecule has 3 rings (SSSR count). The zero-order valence-corrected chi connectivity index (χ0v) is 15.9. The lowest BCUT2D eigenvalue weighted by molar-refractivity contribution is 0.0620. The van der Waals surface area contributed by atoms with E-state index in [-0.39, 0.29) is 19.6 Å². The van der Waals surface area contributed by atoms with Gasteiger partial charge in [-0.1, -0.05) is 18.2 Å². The first-order chi connectivity index (χ1) is 12.1. The van der Waals surface area contributed by atoms with E-state index in [9.17, 15) is 23.1 Å². The molecule has 26 heavy (non-hydrogen) atoms. The lowest BCUT2D eigenvalue weighted by atomic mass is 10.0. The highest BCUT2D eigenvalue weighted by atomic mass is 32.2. The number of carbonyl (C=O) groups excluding carboxylic acids is 2. The molecule has 2 aromatic rings. The molecule has 1 aromatic carbocycles. The molecule has 1 aromatic heterocycles. The van der Waals surface area contributed by atoms with Crippen LogP contribution >= 0.6 is 11.3 Å². The number of fused-ring (bicyclic) bond motifs is 1. The third-order valence-electron chi connectivity index (χ3n) is 4.16. The molecule has 0 spiro atoms. The predicted octanol–water partition coefficient (Wildman–Crippen LogP) is 1.52. The van der Waals surface area contributed by atoms with Gasteiger partial charge in [0.25, 0.3) is 0 Å². The van der Waals surface area contributed by atoms with Crippen molar-refractivity contribution in [3.63, 3.8) is 0 Å². The van der Waals surface area contributed by atoms with Crippen LogP contribution in [0.15, 0.2) is 30.3 Å². The van der Waals surface area contributed by atoms with Gasteiger partial charge in [-0.25, -0.2) is 27.2 Å². The summed E-state index contributed by atoms with van der Waals surface area (Å²) in [7, 11) is -3.70. The Morgan fingerprint density at radius 1 is 1.35 bits per heavy atom. The van der Waals surface area contributed by atoms with Gasteiger partial charge in [-0.15, -0.1) is 11.3 Å². The second-order valence-electron chi connectivity index (χ2n) is 6.35. The summed E-state index contributed by atoms with van der Waals surface area (Å²) < 4.78 is 24.7. The lowest BCUT2D eigenvalue weighted by Crippen LogP contribution is -2.47. The van der Waals surface area contributed by atoms with Crippen LogP contribution in [0.4, 0.5) is 9.59 Å². The van der Waals surface area contributed by atoms with Crippen LogP contribution in [-0.2, 0) is 15.6 Å². The van der Waals surface area contributed by atoms with Crippen molar-refractivity contribution in [1.29, 1.82) is 0 Å². The van der Waals surface area contributed by atoms with Crippen LogP contribution in [-0.4, -0.2) is 60.7 Å². The average Bonchev–Trinajstić information content (AvgIpc) is 3.16. The van der Waals surface area contributed by atoms with E-state index in [1.165, 1.54) is 11.3 Å². The highest BCUT2D eigenvalue weighted by molar-refractivity contribution is 7.88. The minimum absolute atomic E-state index is 0.0250. The van der Waals surface area contributed by atoms with Crippen molar-refractivity contribution < 1.29 is 23.1 Å². The summed E-state index contributed by atoms with van der Waals surface area (Å²) >= 11 is 1.42. The smallest absolute Gasteiger partial charge is 0.341 e. The van der Waals surface area contributed by atoms with Gasteiger partial charge in [-0.05, 0) is 24.4 Å². The van der Waals surface area contributed by atoms with Gasteiger partial charge >= 0.3 is 12.1 Å². The molecule has 0 unspecified atom stereocenters. The zero-order valence-electron chi connectivity index (χ0n) is 14.3. The monoisotopic (exact) mass is 397 g/mol. The maximum Gasteiger partial charge on any atom is 0.341 e. The quantitative estimate of drug-likeness (QED) is 0.813. The third kappa shape index (κ3) is 3.53. The second kappa shape index (κ2) is 6.53. The molecule has 1 fully saturated rings. The van der Waals surface area contributed by atoms with Crippen molar-refractivity contribution in [2.24, 2.45) is 0 Å². The molecule has 2 heterocycles. The van der Waals surface area contributed by atoms with Crippen LogP contribution in [0.25, 0.3) is 10.1 Å². The standard InChI is InChI=1S/C16H19N3O5S2/c1-16(22,13-9-11-5-3-4-6-12(11)25-13)10-17-14(20)18-7-8-19(15(18)21)26(2,23)24/h3-6,9,22H,7-8,10H2,1-2H3,(H,17,20)/t16-/m0/s1. The average molecular weight is 397 g/mol. The van der Waals surface area contributed by atoms with Crippen molar-refractivity contribution in [3.8, 4) is 0 Å². The maximum absolute atomic E-state index is 12.2. The summed E-state index contributed by atoms with van der Waals surface area (Å²) in [5.74, 6) is 0. The minimum atomic E-state index is -3.70. The Morgan fingerprint density at radius 3 is 2.65 bits per heavy atom.